The van der Waals surface area contributed by atoms with Crippen LogP contribution in [-0.4, -0.2) is 99.1 Å². The van der Waals surface area contributed by atoms with Gasteiger partial charge in [-0.3, -0.25) is 19.4 Å². The number of likely N-dealkylation sites (N-methyl/N-ethyl adjacent to an activating group) is 1. The number of nitrogens with zero attached hydrogens (tertiary/aromatic N) is 4. The predicted octanol–water partition coefficient (Wildman–Crippen LogP) is 1.88. The predicted molar refractivity (Wildman–Crippen MR) is 134 cm³/mol. The van der Waals surface area contributed by atoms with E-state index in [1.165, 1.54) is 23.4 Å². The number of halogens is 1. The molecule has 9 heteroatoms. The van der Waals surface area contributed by atoms with Gasteiger partial charge in [0.2, 0.25) is 11.8 Å². The van der Waals surface area contributed by atoms with Gasteiger partial charge in [0.25, 0.3) is 0 Å². The summed E-state index contributed by atoms with van der Waals surface area (Å²) >= 11 is 0. The molecule has 0 spiro atoms. The van der Waals surface area contributed by atoms with Gasteiger partial charge in [-0.15, -0.1) is 0 Å². The van der Waals surface area contributed by atoms with E-state index in [9.17, 15) is 14.0 Å². The van der Waals surface area contributed by atoms with Gasteiger partial charge in [-0.1, -0.05) is 24.3 Å². The number of para-hydroxylation sites is 1. The highest BCUT2D eigenvalue weighted by atomic mass is 19.1. The zero-order valence-electron chi connectivity index (χ0n) is 20.3. The van der Waals surface area contributed by atoms with Gasteiger partial charge >= 0.3 is 0 Å². The van der Waals surface area contributed by atoms with Crippen molar-refractivity contribution >= 4 is 23.2 Å². The van der Waals surface area contributed by atoms with Crippen LogP contribution < -0.4 is 10.2 Å². The number of nitrogens with one attached hydrogen (secondary N) is 1. The van der Waals surface area contributed by atoms with Crippen molar-refractivity contribution in [1.29, 1.82) is 0 Å². The second-order valence-electron chi connectivity index (χ2n) is 9.12. The average molecular weight is 484 g/mol. The Morgan fingerprint density at radius 3 is 2.49 bits per heavy atom. The maximum atomic E-state index is 13.3. The zero-order chi connectivity index (χ0) is 24.6. The fourth-order valence-electron chi connectivity index (χ4n) is 4.56. The van der Waals surface area contributed by atoms with Crippen LogP contribution in [0.4, 0.5) is 15.8 Å². The zero-order valence-corrected chi connectivity index (χ0v) is 20.3. The van der Waals surface area contributed by atoms with Gasteiger partial charge in [0.1, 0.15) is 5.82 Å². The molecule has 4 rings (SSSR count). The van der Waals surface area contributed by atoms with Gasteiger partial charge < -0.3 is 19.9 Å². The number of carbonyl (C=O) groups is 2. The Labute approximate surface area is 206 Å². The second-order valence-corrected chi connectivity index (χ2v) is 9.12. The Hall–Kier alpha value is -3.01. The molecular weight excluding hydrogens is 449 g/mol. The SMILES string of the molecule is CN(CC(=O)N1CCN(CC(=O)Nc2cccc(F)c2)CC1)Cc1ccccc1N1CCOCC1. The number of hydrogen-bond donors (Lipinski definition) is 1. The van der Waals surface area contributed by atoms with E-state index in [0.29, 0.717) is 45.0 Å². The highest BCUT2D eigenvalue weighted by Gasteiger charge is 2.24. The van der Waals surface area contributed by atoms with E-state index >= 15 is 0 Å². The summed E-state index contributed by atoms with van der Waals surface area (Å²) in [5.74, 6) is -0.473. The van der Waals surface area contributed by atoms with E-state index in [1.54, 1.807) is 12.1 Å². The molecule has 0 radical (unpaired) electrons. The minimum Gasteiger partial charge on any atom is -0.378 e. The molecule has 2 aromatic carbocycles. The quantitative estimate of drug-likeness (QED) is 0.619. The van der Waals surface area contributed by atoms with Gasteiger partial charge in [0.15, 0.2) is 0 Å². The Balaban J connectivity index is 1.21. The molecule has 0 aromatic heterocycles. The summed E-state index contributed by atoms with van der Waals surface area (Å²) in [5, 5.41) is 2.72. The normalized spacial score (nSPS) is 17.0. The van der Waals surface area contributed by atoms with Gasteiger partial charge in [-0.05, 0) is 36.9 Å². The summed E-state index contributed by atoms with van der Waals surface area (Å²) in [6, 6.07) is 14.2. The summed E-state index contributed by atoms with van der Waals surface area (Å²) in [7, 11) is 1.97. The first kappa shape index (κ1) is 25.1. The van der Waals surface area contributed by atoms with Crippen LogP contribution in [0, 0.1) is 5.82 Å². The van der Waals surface area contributed by atoms with Gasteiger partial charge in [0.05, 0.1) is 26.3 Å². The molecule has 8 nitrogen and oxygen atoms in total. The number of piperazine rings is 1. The molecule has 0 atom stereocenters. The van der Waals surface area contributed by atoms with Gasteiger partial charge in [0, 0.05) is 57.2 Å². The van der Waals surface area contributed by atoms with Gasteiger partial charge in [-0.25, -0.2) is 4.39 Å². The lowest BCUT2D eigenvalue weighted by Crippen LogP contribution is -2.52. The fraction of sp³-hybridized carbons (Fsp3) is 0.462. The van der Waals surface area contributed by atoms with E-state index in [2.05, 4.69) is 33.3 Å². The first-order valence-corrected chi connectivity index (χ1v) is 12.1. The van der Waals surface area contributed by atoms with Crippen molar-refractivity contribution in [1.82, 2.24) is 14.7 Å². The smallest absolute Gasteiger partial charge is 0.238 e. The van der Waals surface area contributed by atoms with Crippen LogP contribution in [-0.2, 0) is 20.9 Å². The number of ether oxygens (including phenoxy) is 1. The Kier molecular flexibility index (Phi) is 8.68. The standard InChI is InChI=1S/C26H34FN5O3/c1-29(18-21-5-2-3-8-24(21)31-13-15-35-16-14-31)20-26(34)32-11-9-30(10-12-32)19-25(33)28-23-7-4-6-22(27)17-23/h2-8,17H,9-16,18-20H2,1H3,(H,28,33). The Bertz CT molecular complexity index is 1010. The topological polar surface area (TPSA) is 68.4 Å². The van der Waals surface area contributed by atoms with E-state index in [-0.39, 0.29) is 24.2 Å². The van der Waals surface area contributed by atoms with E-state index in [0.717, 1.165) is 26.3 Å². The minimum atomic E-state index is -0.385. The maximum Gasteiger partial charge on any atom is 0.238 e. The van der Waals surface area contributed by atoms with E-state index in [1.807, 2.05) is 22.9 Å². The number of anilines is 2. The van der Waals surface area contributed by atoms with E-state index in [4.69, 9.17) is 4.74 Å². The molecule has 2 saturated heterocycles. The number of benzene rings is 2. The summed E-state index contributed by atoms with van der Waals surface area (Å²) in [5.41, 5.74) is 2.86. The number of amides is 2. The van der Waals surface area contributed by atoms with Crippen LogP contribution in [0.3, 0.4) is 0 Å². The molecule has 1 N–H and O–H groups in total. The lowest BCUT2D eigenvalue weighted by Gasteiger charge is -2.35. The first-order valence-electron chi connectivity index (χ1n) is 12.1. The molecule has 2 amide bonds. The summed E-state index contributed by atoms with van der Waals surface area (Å²) < 4.78 is 18.8. The second kappa shape index (κ2) is 12.1. The monoisotopic (exact) mass is 483 g/mol. The number of morpholine rings is 1. The van der Waals surface area contributed by atoms with Crippen molar-refractivity contribution in [3.63, 3.8) is 0 Å². The molecule has 0 saturated carbocycles. The lowest BCUT2D eigenvalue weighted by atomic mass is 10.1. The highest BCUT2D eigenvalue weighted by Crippen LogP contribution is 2.22. The van der Waals surface area contributed by atoms with Crippen molar-refractivity contribution in [3.8, 4) is 0 Å². The molecule has 0 bridgehead atoms. The van der Waals surface area contributed by atoms with Crippen molar-refractivity contribution in [2.24, 2.45) is 0 Å². The number of carbonyl (C=O) groups excluding carboxylic acids is 2. The van der Waals surface area contributed by atoms with Crippen LogP contribution in [0.5, 0.6) is 0 Å². The van der Waals surface area contributed by atoms with Crippen molar-refractivity contribution in [3.05, 3.63) is 59.9 Å². The summed E-state index contributed by atoms with van der Waals surface area (Å²) in [6.45, 7) is 6.93. The van der Waals surface area contributed by atoms with Crippen molar-refractivity contribution in [2.75, 3.05) is 82.8 Å². The Morgan fingerprint density at radius 2 is 1.74 bits per heavy atom. The van der Waals surface area contributed by atoms with Crippen LogP contribution in [0.15, 0.2) is 48.5 Å². The largest absolute Gasteiger partial charge is 0.378 e. The summed E-state index contributed by atoms with van der Waals surface area (Å²) in [4.78, 5) is 33.5. The summed E-state index contributed by atoms with van der Waals surface area (Å²) in [6.07, 6.45) is 0. The van der Waals surface area contributed by atoms with Crippen molar-refractivity contribution in [2.45, 2.75) is 6.54 Å². The third-order valence-electron chi connectivity index (χ3n) is 6.39. The maximum absolute atomic E-state index is 13.3. The molecular formula is C26H34FN5O3. The molecule has 2 heterocycles. The lowest BCUT2D eigenvalue weighted by molar-refractivity contribution is -0.134. The van der Waals surface area contributed by atoms with E-state index < -0.39 is 0 Å². The Morgan fingerprint density at radius 1 is 1.00 bits per heavy atom. The first-order chi connectivity index (χ1) is 17.0. The van der Waals surface area contributed by atoms with Crippen LogP contribution in [0.2, 0.25) is 0 Å². The molecule has 2 fully saturated rings. The average Bonchev–Trinajstić information content (AvgIpc) is 2.85. The molecule has 2 aliphatic rings. The third-order valence-corrected chi connectivity index (χ3v) is 6.39. The highest BCUT2D eigenvalue weighted by molar-refractivity contribution is 5.92. The number of hydrogen-bond acceptors (Lipinski definition) is 6. The molecule has 0 aliphatic carbocycles. The van der Waals surface area contributed by atoms with Crippen molar-refractivity contribution < 1.29 is 18.7 Å². The van der Waals surface area contributed by atoms with Crippen LogP contribution in [0.25, 0.3) is 0 Å². The van der Waals surface area contributed by atoms with Gasteiger partial charge in [-0.2, -0.15) is 0 Å². The number of rotatable bonds is 8. The fourth-order valence-corrected chi connectivity index (χ4v) is 4.56. The molecule has 2 aromatic rings. The molecule has 188 valence electrons. The van der Waals surface area contributed by atoms with Crippen LogP contribution in [0.1, 0.15) is 5.56 Å². The third kappa shape index (κ3) is 7.24. The molecule has 0 unspecified atom stereocenters. The molecule has 35 heavy (non-hydrogen) atoms. The molecule has 2 aliphatic heterocycles. The minimum absolute atomic E-state index is 0.0974. The van der Waals surface area contributed by atoms with Crippen LogP contribution >= 0.6 is 0 Å².